The number of benzene rings is 3. The highest BCUT2D eigenvalue weighted by Gasteiger charge is 2.27. The molecule has 2 aromatic heterocycles. The summed E-state index contributed by atoms with van der Waals surface area (Å²) < 4.78 is 11.8. The van der Waals surface area contributed by atoms with E-state index in [1.54, 1.807) is 55.6 Å². The lowest BCUT2D eigenvalue weighted by molar-refractivity contribution is 0.0697. The first-order chi connectivity index (χ1) is 19.8. The molecule has 0 unspecified atom stereocenters. The van der Waals surface area contributed by atoms with Gasteiger partial charge in [-0.3, -0.25) is 10.2 Å². The van der Waals surface area contributed by atoms with Gasteiger partial charge in [-0.15, -0.1) is 22.7 Å². The van der Waals surface area contributed by atoms with Crippen LogP contribution in [0.25, 0.3) is 32.0 Å². The zero-order valence-corrected chi connectivity index (χ0v) is 23.3. The fraction of sp³-hybridized carbons (Fsp3) is 0.0645. The summed E-state index contributed by atoms with van der Waals surface area (Å²) in [6.07, 6.45) is 0. The number of thiophene rings is 2. The number of hydrogen-bond donors (Lipinski definition) is 4. The molecule has 0 spiro atoms. The number of methoxy groups -OCH3 is 1. The first-order valence-corrected chi connectivity index (χ1v) is 14.2. The second kappa shape index (κ2) is 10.6. The van der Waals surface area contributed by atoms with Crippen molar-refractivity contribution < 1.29 is 24.2 Å². The van der Waals surface area contributed by atoms with E-state index in [1.165, 1.54) is 22.7 Å². The first kappa shape index (κ1) is 26.3. The summed E-state index contributed by atoms with van der Waals surface area (Å²) in [5.41, 5.74) is 10.0. The number of amidine groups is 1. The average molecular weight is 582 g/mol. The van der Waals surface area contributed by atoms with E-state index in [2.05, 4.69) is 5.32 Å². The third-order valence-electron chi connectivity index (χ3n) is 6.84. The van der Waals surface area contributed by atoms with E-state index in [9.17, 15) is 14.7 Å². The number of carboxylic acid groups (broad SMARTS) is 1. The Balaban J connectivity index is 1.53. The fourth-order valence-electron chi connectivity index (χ4n) is 4.83. The molecule has 41 heavy (non-hydrogen) atoms. The molecule has 3 aromatic carbocycles. The molecule has 6 rings (SSSR count). The third kappa shape index (κ3) is 4.83. The van der Waals surface area contributed by atoms with Gasteiger partial charge in [0.15, 0.2) is 0 Å². The van der Waals surface area contributed by atoms with E-state index in [-0.39, 0.29) is 17.0 Å². The summed E-state index contributed by atoms with van der Waals surface area (Å²) in [5, 5.41) is 24.7. The highest BCUT2D eigenvalue weighted by atomic mass is 32.1. The minimum absolute atomic E-state index is 0.0411. The summed E-state index contributed by atoms with van der Waals surface area (Å²) in [6.45, 7) is 0.377. The van der Waals surface area contributed by atoms with E-state index >= 15 is 0 Å². The van der Waals surface area contributed by atoms with Crippen molar-refractivity contribution >= 4 is 46.1 Å². The number of ether oxygens (including phenoxy) is 2. The number of fused-ring (bicyclic) bond motifs is 3. The standard InChI is InChI=1S/C31H23N3O5S2/c1-38-25-13-19(20-14-26-24(12-22(20)31(36)37)28-17(15-39-26)8-10-41-28)21(11-23(25)27-3-2-9-40-27)30(35)34-18-6-4-16(5-7-18)29(32)33/h2-14H,15H2,1H3,(H3,32,33)(H,34,35)(H,36,37). The zero-order chi connectivity index (χ0) is 28.7. The van der Waals surface area contributed by atoms with Crippen LogP contribution in [-0.2, 0) is 6.61 Å². The van der Waals surface area contributed by atoms with Crippen molar-refractivity contribution in [3.8, 4) is 43.5 Å². The number of nitrogens with one attached hydrogen (secondary N) is 2. The molecule has 0 radical (unpaired) electrons. The summed E-state index contributed by atoms with van der Waals surface area (Å²) in [5.74, 6) is -0.593. The van der Waals surface area contributed by atoms with Crippen LogP contribution in [0.4, 0.5) is 5.69 Å². The van der Waals surface area contributed by atoms with Gasteiger partial charge in [0, 0.05) is 48.8 Å². The van der Waals surface area contributed by atoms with Crippen LogP contribution in [-0.4, -0.2) is 29.9 Å². The van der Waals surface area contributed by atoms with Crippen LogP contribution in [0.1, 0.15) is 31.8 Å². The van der Waals surface area contributed by atoms with E-state index in [0.29, 0.717) is 51.6 Å². The summed E-state index contributed by atoms with van der Waals surface area (Å²) in [6, 6.07) is 19.2. The van der Waals surface area contributed by atoms with Gasteiger partial charge >= 0.3 is 5.97 Å². The largest absolute Gasteiger partial charge is 0.496 e. The number of carbonyl (C=O) groups excluding carboxylic acids is 1. The Morgan fingerprint density at radius 2 is 1.71 bits per heavy atom. The van der Waals surface area contributed by atoms with E-state index in [1.807, 2.05) is 29.0 Å². The molecule has 0 fully saturated rings. The summed E-state index contributed by atoms with van der Waals surface area (Å²) >= 11 is 3.03. The van der Waals surface area contributed by atoms with Crippen molar-refractivity contribution in [1.82, 2.24) is 0 Å². The number of amides is 1. The number of carboxylic acids is 1. The van der Waals surface area contributed by atoms with Crippen LogP contribution in [0, 0.1) is 5.41 Å². The van der Waals surface area contributed by atoms with E-state index in [0.717, 1.165) is 15.3 Å². The number of carbonyl (C=O) groups is 2. The molecular weight excluding hydrogens is 558 g/mol. The fourth-order valence-corrected chi connectivity index (χ4v) is 6.51. The molecule has 3 heterocycles. The number of nitrogens with two attached hydrogens (primary N) is 1. The maximum Gasteiger partial charge on any atom is 0.336 e. The van der Waals surface area contributed by atoms with Gasteiger partial charge in [0.2, 0.25) is 0 Å². The Morgan fingerprint density at radius 3 is 2.39 bits per heavy atom. The topological polar surface area (TPSA) is 135 Å². The predicted molar refractivity (Wildman–Crippen MR) is 162 cm³/mol. The van der Waals surface area contributed by atoms with Crippen molar-refractivity contribution in [1.29, 1.82) is 5.41 Å². The molecule has 0 atom stereocenters. The first-order valence-electron chi connectivity index (χ1n) is 12.5. The smallest absolute Gasteiger partial charge is 0.336 e. The Hall–Kier alpha value is -4.93. The Labute approximate surface area is 243 Å². The predicted octanol–water partition coefficient (Wildman–Crippen LogP) is 6.95. The summed E-state index contributed by atoms with van der Waals surface area (Å²) in [7, 11) is 1.54. The van der Waals surface area contributed by atoms with Crippen LogP contribution < -0.4 is 20.5 Å². The number of aromatic carboxylic acids is 1. The number of rotatable bonds is 7. The van der Waals surface area contributed by atoms with Crippen molar-refractivity contribution in [2.75, 3.05) is 12.4 Å². The molecule has 0 bridgehead atoms. The Kier molecular flexibility index (Phi) is 6.78. The molecule has 8 nitrogen and oxygen atoms in total. The molecule has 1 amide bonds. The number of anilines is 1. The highest BCUT2D eigenvalue weighted by molar-refractivity contribution is 7.14. The van der Waals surface area contributed by atoms with Gasteiger partial charge in [0.05, 0.1) is 12.7 Å². The van der Waals surface area contributed by atoms with Crippen molar-refractivity contribution in [3.05, 3.63) is 99.7 Å². The van der Waals surface area contributed by atoms with Crippen molar-refractivity contribution in [2.45, 2.75) is 6.61 Å². The minimum Gasteiger partial charge on any atom is -0.496 e. The normalized spacial score (nSPS) is 11.6. The maximum absolute atomic E-state index is 13.9. The minimum atomic E-state index is -1.13. The molecule has 5 N–H and O–H groups in total. The lowest BCUT2D eigenvalue weighted by Crippen LogP contribution is -2.15. The van der Waals surface area contributed by atoms with Gasteiger partial charge in [-0.1, -0.05) is 6.07 Å². The SMILES string of the molecule is COc1cc(-c2cc3c(cc2C(=O)O)-c2sccc2CO3)c(C(=O)Nc2ccc(C(=N)N)cc2)cc1-c1cccs1. The molecule has 10 heteroatoms. The second-order valence-corrected chi connectivity index (χ2v) is 11.1. The molecule has 0 saturated heterocycles. The zero-order valence-electron chi connectivity index (χ0n) is 21.7. The van der Waals surface area contributed by atoms with Crippen LogP contribution in [0.5, 0.6) is 11.5 Å². The molecule has 1 aliphatic heterocycles. The maximum atomic E-state index is 13.9. The highest BCUT2D eigenvalue weighted by Crippen LogP contribution is 2.46. The quantitative estimate of drug-likeness (QED) is 0.121. The monoisotopic (exact) mass is 581 g/mol. The van der Waals surface area contributed by atoms with Gasteiger partial charge in [0.1, 0.15) is 23.9 Å². The lowest BCUT2D eigenvalue weighted by atomic mass is 9.90. The van der Waals surface area contributed by atoms with Crippen molar-refractivity contribution in [3.63, 3.8) is 0 Å². The number of nitrogen functional groups attached to an aromatic ring is 1. The lowest BCUT2D eigenvalue weighted by Gasteiger charge is -2.22. The number of hydrogen-bond acceptors (Lipinski definition) is 7. The second-order valence-electron chi connectivity index (χ2n) is 9.28. The molecule has 204 valence electrons. The molecule has 0 aliphatic carbocycles. The van der Waals surface area contributed by atoms with E-state index < -0.39 is 11.9 Å². The van der Waals surface area contributed by atoms with Gasteiger partial charge in [-0.25, -0.2) is 4.79 Å². The summed E-state index contributed by atoms with van der Waals surface area (Å²) in [4.78, 5) is 28.3. The van der Waals surface area contributed by atoms with Crippen LogP contribution in [0.3, 0.4) is 0 Å². The molecular formula is C31H23N3O5S2. The van der Waals surface area contributed by atoms with Gasteiger partial charge in [-0.2, -0.15) is 0 Å². The molecule has 0 saturated carbocycles. The molecule has 1 aliphatic rings. The molecule has 5 aromatic rings. The third-order valence-corrected chi connectivity index (χ3v) is 8.73. The Bertz CT molecular complexity index is 1830. The van der Waals surface area contributed by atoms with Crippen LogP contribution >= 0.6 is 22.7 Å². The van der Waals surface area contributed by atoms with Gasteiger partial charge in [0.25, 0.3) is 5.91 Å². The van der Waals surface area contributed by atoms with Crippen molar-refractivity contribution in [2.24, 2.45) is 5.73 Å². The Morgan fingerprint density at radius 1 is 0.951 bits per heavy atom. The van der Waals surface area contributed by atoms with E-state index in [4.69, 9.17) is 20.6 Å². The van der Waals surface area contributed by atoms with Crippen LogP contribution in [0.15, 0.2) is 77.5 Å². The average Bonchev–Trinajstić information content (AvgIpc) is 3.69. The van der Waals surface area contributed by atoms with Gasteiger partial charge < -0.3 is 25.6 Å². The van der Waals surface area contributed by atoms with Gasteiger partial charge in [-0.05, 0) is 77.0 Å². The van der Waals surface area contributed by atoms with Crippen LogP contribution in [0.2, 0.25) is 0 Å².